The van der Waals surface area contributed by atoms with Crippen molar-refractivity contribution in [2.45, 2.75) is 25.7 Å². The maximum Gasteiger partial charge on any atom is 0.167 e. The van der Waals surface area contributed by atoms with Gasteiger partial charge in [-0.2, -0.15) is 0 Å². The minimum atomic E-state index is 0.0872. The molecule has 2 aromatic carbocycles. The smallest absolute Gasteiger partial charge is 0.167 e. The second-order valence-corrected chi connectivity index (χ2v) is 6.47. The quantitative estimate of drug-likeness (QED) is 0.873. The summed E-state index contributed by atoms with van der Waals surface area (Å²) in [6.45, 7) is 1.95. The number of carbonyl (C=O) groups is 1. The van der Waals surface area contributed by atoms with Crippen molar-refractivity contribution >= 4 is 22.9 Å². The van der Waals surface area contributed by atoms with Crippen LogP contribution >= 0.6 is 0 Å². The predicted octanol–water partition coefficient (Wildman–Crippen LogP) is 4.61. The van der Waals surface area contributed by atoms with E-state index in [2.05, 4.69) is 5.32 Å². The Bertz CT molecular complexity index is 912. The summed E-state index contributed by atoms with van der Waals surface area (Å²) >= 11 is 0. The second-order valence-electron chi connectivity index (χ2n) is 6.47. The van der Waals surface area contributed by atoms with E-state index in [0.717, 1.165) is 46.1 Å². The molecule has 0 amide bonds. The van der Waals surface area contributed by atoms with Crippen molar-refractivity contribution in [2.24, 2.45) is 4.99 Å². The van der Waals surface area contributed by atoms with Gasteiger partial charge in [-0.1, -0.05) is 30.3 Å². The highest BCUT2D eigenvalue weighted by Gasteiger charge is 2.33. The van der Waals surface area contributed by atoms with E-state index in [1.54, 1.807) is 7.11 Å². The number of para-hydroxylation sites is 3. The fraction of sp³-hybridized carbons (Fsp3) is 0.238. The number of nitrogens with zero attached hydrogens (tertiary/aromatic N) is 1. The monoisotopic (exact) mass is 332 g/mol. The summed E-state index contributed by atoms with van der Waals surface area (Å²) in [5.41, 5.74) is 5.37. The molecule has 0 radical (unpaired) electrons. The van der Waals surface area contributed by atoms with E-state index >= 15 is 0 Å². The van der Waals surface area contributed by atoms with Crippen LogP contribution in [0.4, 0.5) is 11.4 Å². The Morgan fingerprint density at radius 1 is 1.08 bits per heavy atom. The summed E-state index contributed by atoms with van der Waals surface area (Å²) in [5, 5.41) is 3.35. The number of Topliss-reactive ketones (excluding diaryl/α,β-unsaturated/α-hetero) is 1. The number of allylic oxidation sites excluding steroid dienone is 2. The molecule has 0 unspecified atom stereocenters. The molecule has 1 N–H and O–H groups in total. The topological polar surface area (TPSA) is 50.7 Å². The minimum Gasteiger partial charge on any atom is -0.496 e. The molecule has 1 atom stereocenters. The number of ketones is 1. The summed E-state index contributed by atoms with van der Waals surface area (Å²) in [6, 6.07) is 15.8. The number of hydrogen-bond donors (Lipinski definition) is 1. The van der Waals surface area contributed by atoms with E-state index < -0.39 is 0 Å². The van der Waals surface area contributed by atoms with Crippen molar-refractivity contribution in [2.75, 3.05) is 12.4 Å². The van der Waals surface area contributed by atoms with Crippen LogP contribution in [-0.4, -0.2) is 18.6 Å². The van der Waals surface area contributed by atoms with Crippen molar-refractivity contribution < 1.29 is 9.53 Å². The number of methoxy groups -OCH3 is 1. The first-order valence-electron chi connectivity index (χ1n) is 8.48. The van der Waals surface area contributed by atoms with E-state index in [4.69, 9.17) is 9.73 Å². The Morgan fingerprint density at radius 2 is 1.84 bits per heavy atom. The fourth-order valence-electron chi connectivity index (χ4n) is 3.73. The molecule has 0 aromatic heterocycles. The molecule has 126 valence electrons. The summed E-state index contributed by atoms with van der Waals surface area (Å²) in [6.07, 6.45) is 1.21. The Kier molecular flexibility index (Phi) is 3.88. The van der Waals surface area contributed by atoms with Gasteiger partial charge in [-0.25, -0.2) is 0 Å². The molecular formula is C21H20N2O2. The van der Waals surface area contributed by atoms with Crippen LogP contribution in [0, 0.1) is 0 Å². The maximum absolute atomic E-state index is 12.9. The van der Waals surface area contributed by atoms with E-state index in [1.807, 2.05) is 55.5 Å². The molecule has 1 fully saturated rings. The number of aliphatic imine (C=N–C) groups is 1. The van der Waals surface area contributed by atoms with E-state index in [0.29, 0.717) is 6.42 Å². The van der Waals surface area contributed by atoms with E-state index in [-0.39, 0.29) is 11.7 Å². The Hall–Kier alpha value is -2.88. The molecule has 4 heteroatoms. The molecular weight excluding hydrogens is 312 g/mol. The first-order chi connectivity index (χ1) is 12.2. The van der Waals surface area contributed by atoms with Crippen LogP contribution in [0.25, 0.3) is 0 Å². The van der Waals surface area contributed by atoms with E-state index in [1.165, 1.54) is 0 Å². The van der Waals surface area contributed by atoms with Gasteiger partial charge in [0.2, 0.25) is 0 Å². The van der Waals surface area contributed by atoms with Crippen molar-refractivity contribution in [3.05, 3.63) is 65.4 Å². The Balaban J connectivity index is 1.79. The predicted molar refractivity (Wildman–Crippen MR) is 99.8 cm³/mol. The first kappa shape index (κ1) is 15.6. The van der Waals surface area contributed by atoms with Gasteiger partial charge in [-0.3, -0.25) is 9.79 Å². The molecule has 0 saturated heterocycles. The van der Waals surface area contributed by atoms with Crippen LogP contribution in [0.15, 0.2) is 64.8 Å². The van der Waals surface area contributed by atoms with Crippen molar-refractivity contribution in [3.8, 4) is 5.75 Å². The number of fused-ring (bicyclic) bond motifs is 2. The molecule has 25 heavy (non-hydrogen) atoms. The van der Waals surface area contributed by atoms with Gasteiger partial charge in [-0.15, -0.1) is 0 Å². The van der Waals surface area contributed by atoms with Gasteiger partial charge >= 0.3 is 0 Å². The van der Waals surface area contributed by atoms with Gasteiger partial charge < -0.3 is 10.1 Å². The van der Waals surface area contributed by atoms with Gasteiger partial charge in [0, 0.05) is 18.0 Å². The van der Waals surface area contributed by atoms with Crippen molar-refractivity contribution in [3.63, 3.8) is 0 Å². The SMILES string of the molecule is COc1ccccc1[C@H]1CC(=O)C2=C(C)Nc3ccccc3N=C2C1. The molecule has 2 aliphatic rings. The van der Waals surface area contributed by atoms with Gasteiger partial charge in [0.15, 0.2) is 5.78 Å². The molecule has 1 saturated carbocycles. The average Bonchev–Trinajstić information content (AvgIpc) is 2.77. The third-order valence-corrected chi connectivity index (χ3v) is 4.87. The first-order valence-corrected chi connectivity index (χ1v) is 8.48. The lowest BCUT2D eigenvalue weighted by atomic mass is 9.78. The third kappa shape index (κ3) is 2.74. The van der Waals surface area contributed by atoms with Gasteiger partial charge in [0.1, 0.15) is 5.75 Å². The lowest BCUT2D eigenvalue weighted by molar-refractivity contribution is -0.115. The lowest BCUT2D eigenvalue weighted by Gasteiger charge is -2.26. The van der Waals surface area contributed by atoms with Crippen LogP contribution < -0.4 is 10.1 Å². The van der Waals surface area contributed by atoms with Crippen molar-refractivity contribution in [1.29, 1.82) is 0 Å². The third-order valence-electron chi connectivity index (χ3n) is 4.87. The molecule has 4 nitrogen and oxygen atoms in total. The van der Waals surface area contributed by atoms with Gasteiger partial charge in [-0.05, 0) is 37.1 Å². The molecule has 0 bridgehead atoms. The molecule has 4 rings (SSSR count). The number of carbonyl (C=O) groups excluding carboxylic acids is 1. The molecule has 2 aromatic rings. The highest BCUT2D eigenvalue weighted by molar-refractivity contribution is 6.26. The molecule has 0 spiro atoms. The van der Waals surface area contributed by atoms with Gasteiger partial charge in [0.05, 0.1) is 29.8 Å². The molecule has 1 heterocycles. The zero-order valence-corrected chi connectivity index (χ0v) is 14.4. The number of anilines is 1. The number of nitrogens with one attached hydrogen (secondary N) is 1. The number of rotatable bonds is 2. The standard InChI is InChI=1S/C21H20N2O2/c1-13-21-18(23-17-9-5-4-8-16(17)22-13)11-14(12-19(21)24)15-7-3-6-10-20(15)25-2/h3-10,14,22H,11-12H2,1-2H3/t14-/m1/s1. The fourth-order valence-corrected chi connectivity index (χ4v) is 3.73. The zero-order chi connectivity index (χ0) is 17.4. The maximum atomic E-state index is 12.9. The number of ether oxygens (including phenoxy) is 1. The van der Waals surface area contributed by atoms with Crippen LogP contribution in [0.1, 0.15) is 31.2 Å². The average molecular weight is 332 g/mol. The summed E-state index contributed by atoms with van der Waals surface area (Å²) in [7, 11) is 1.67. The lowest BCUT2D eigenvalue weighted by Crippen LogP contribution is -2.26. The number of benzene rings is 2. The Morgan fingerprint density at radius 3 is 2.68 bits per heavy atom. The van der Waals surface area contributed by atoms with E-state index in [9.17, 15) is 4.79 Å². The van der Waals surface area contributed by atoms with Crippen molar-refractivity contribution in [1.82, 2.24) is 0 Å². The summed E-state index contributed by atoms with van der Waals surface area (Å²) < 4.78 is 5.50. The van der Waals surface area contributed by atoms with Crippen LogP contribution in [0.3, 0.4) is 0 Å². The summed E-state index contributed by atoms with van der Waals surface area (Å²) in [5.74, 6) is 1.06. The zero-order valence-electron chi connectivity index (χ0n) is 14.4. The highest BCUT2D eigenvalue weighted by atomic mass is 16.5. The normalized spacial score (nSPS) is 19.4. The van der Waals surface area contributed by atoms with Crippen LogP contribution in [-0.2, 0) is 4.79 Å². The molecule has 1 aliphatic carbocycles. The molecule has 1 aliphatic heterocycles. The highest BCUT2D eigenvalue weighted by Crippen LogP contribution is 2.40. The summed E-state index contributed by atoms with van der Waals surface area (Å²) in [4.78, 5) is 17.7. The van der Waals surface area contributed by atoms with Gasteiger partial charge in [0.25, 0.3) is 0 Å². The van der Waals surface area contributed by atoms with Crippen LogP contribution in [0.2, 0.25) is 0 Å². The largest absolute Gasteiger partial charge is 0.496 e. The minimum absolute atomic E-state index is 0.0872. The Labute approximate surface area is 147 Å². The number of hydrogen-bond acceptors (Lipinski definition) is 4. The second kappa shape index (κ2) is 6.20. The van der Waals surface area contributed by atoms with Crippen LogP contribution in [0.5, 0.6) is 5.75 Å².